The molecule has 0 amide bonds. The van der Waals surface area contributed by atoms with Gasteiger partial charge >= 0.3 is 0 Å². The van der Waals surface area contributed by atoms with Crippen molar-refractivity contribution >= 4 is 0 Å². The monoisotopic (exact) mass is 598 g/mol. The number of hydrogen-bond donors (Lipinski definition) is 0. The largest absolute Gasteiger partial charge is 0.496 e. The second kappa shape index (κ2) is 14.0. The number of benzene rings is 2. The van der Waals surface area contributed by atoms with E-state index in [4.69, 9.17) is 23.7 Å². The maximum Gasteiger partial charge on any atom is 0.203 e. The number of ether oxygens (including phenoxy) is 5. The number of nitrogens with zero attached hydrogens (tertiary/aromatic N) is 4. The maximum atomic E-state index is 5.59. The minimum atomic E-state index is 0.399. The predicted molar refractivity (Wildman–Crippen MR) is 172 cm³/mol. The van der Waals surface area contributed by atoms with Crippen LogP contribution in [0.3, 0.4) is 0 Å². The van der Waals surface area contributed by atoms with E-state index in [0.29, 0.717) is 23.3 Å². The van der Waals surface area contributed by atoms with Gasteiger partial charge in [0.05, 0.1) is 46.9 Å². The SMILES string of the molecule is COc1cc(-c2cc(CN3CCN(Cc4ccnc(-c5cc(OC)c(OC)c(OC)c5)c4)CC3C)ccn2)cc(OC)c1C. The summed E-state index contributed by atoms with van der Waals surface area (Å²) in [5.74, 6) is 3.37. The molecule has 0 saturated carbocycles. The molecule has 9 heteroatoms. The van der Waals surface area contributed by atoms with Crippen molar-refractivity contribution in [1.82, 2.24) is 19.8 Å². The molecule has 1 aliphatic rings. The van der Waals surface area contributed by atoms with E-state index >= 15 is 0 Å². The lowest BCUT2D eigenvalue weighted by Crippen LogP contribution is -2.50. The van der Waals surface area contributed by atoms with Crippen molar-refractivity contribution in [2.24, 2.45) is 0 Å². The number of rotatable bonds is 11. The fourth-order valence-corrected chi connectivity index (χ4v) is 5.87. The van der Waals surface area contributed by atoms with Crippen LogP contribution < -0.4 is 23.7 Å². The molecule has 0 aliphatic carbocycles. The number of hydrogen-bond acceptors (Lipinski definition) is 9. The summed E-state index contributed by atoms with van der Waals surface area (Å²) in [5.41, 5.74) is 7.10. The fraction of sp³-hybridized carbons (Fsp3) is 0.371. The molecule has 2 aromatic carbocycles. The van der Waals surface area contributed by atoms with Gasteiger partial charge in [0.15, 0.2) is 11.5 Å². The molecule has 1 aliphatic heterocycles. The third-order valence-electron chi connectivity index (χ3n) is 8.30. The van der Waals surface area contributed by atoms with Crippen molar-refractivity contribution in [3.8, 4) is 51.3 Å². The van der Waals surface area contributed by atoms with E-state index in [1.165, 1.54) is 11.1 Å². The van der Waals surface area contributed by atoms with Gasteiger partial charge < -0.3 is 23.7 Å². The highest BCUT2D eigenvalue weighted by Gasteiger charge is 2.24. The lowest BCUT2D eigenvalue weighted by Gasteiger charge is -2.40. The van der Waals surface area contributed by atoms with Crippen LogP contribution in [0.2, 0.25) is 0 Å². The Balaban J connectivity index is 1.25. The third-order valence-corrected chi connectivity index (χ3v) is 8.30. The topological polar surface area (TPSA) is 78.4 Å². The van der Waals surface area contributed by atoms with Crippen LogP contribution in [0.4, 0.5) is 0 Å². The van der Waals surface area contributed by atoms with Gasteiger partial charge in [-0.2, -0.15) is 0 Å². The van der Waals surface area contributed by atoms with Crippen LogP contribution in [0.5, 0.6) is 28.7 Å². The summed E-state index contributed by atoms with van der Waals surface area (Å²) in [6.07, 6.45) is 3.76. The maximum absolute atomic E-state index is 5.59. The smallest absolute Gasteiger partial charge is 0.203 e. The Bertz CT molecular complexity index is 1540. The fourth-order valence-electron chi connectivity index (χ4n) is 5.87. The minimum absolute atomic E-state index is 0.399. The number of piperazine rings is 1. The molecule has 0 N–H and O–H groups in total. The highest BCUT2D eigenvalue weighted by atomic mass is 16.5. The number of methoxy groups -OCH3 is 5. The lowest BCUT2D eigenvalue weighted by atomic mass is 10.0. The van der Waals surface area contributed by atoms with E-state index in [1.807, 2.05) is 43.6 Å². The van der Waals surface area contributed by atoms with Gasteiger partial charge in [-0.1, -0.05) is 0 Å². The van der Waals surface area contributed by atoms with E-state index in [9.17, 15) is 0 Å². The van der Waals surface area contributed by atoms with Crippen molar-refractivity contribution in [2.75, 3.05) is 55.2 Å². The molecule has 1 atom stereocenters. The Morgan fingerprint density at radius 2 is 1.16 bits per heavy atom. The van der Waals surface area contributed by atoms with Crippen LogP contribution in [0.1, 0.15) is 23.6 Å². The van der Waals surface area contributed by atoms with Crippen molar-refractivity contribution in [2.45, 2.75) is 33.0 Å². The zero-order chi connectivity index (χ0) is 31.2. The average molecular weight is 599 g/mol. The Hall–Kier alpha value is -4.34. The molecule has 3 heterocycles. The van der Waals surface area contributed by atoms with Crippen LogP contribution >= 0.6 is 0 Å². The molecule has 1 saturated heterocycles. The van der Waals surface area contributed by atoms with Gasteiger partial charge in [0.1, 0.15) is 11.5 Å². The van der Waals surface area contributed by atoms with Crippen molar-refractivity contribution < 1.29 is 23.7 Å². The second-order valence-electron chi connectivity index (χ2n) is 11.1. The van der Waals surface area contributed by atoms with E-state index < -0.39 is 0 Å². The van der Waals surface area contributed by atoms with Crippen LogP contribution in [-0.4, -0.2) is 81.0 Å². The molecule has 2 aromatic heterocycles. The quantitative estimate of drug-likeness (QED) is 0.211. The first-order valence-corrected chi connectivity index (χ1v) is 14.8. The summed E-state index contributed by atoms with van der Waals surface area (Å²) in [7, 11) is 8.21. The van der Waals surface area contributed by atoms with Crippen LogP contribution in [0, 0.1) is 6.92 Å². The zero-order valence-corrected chi connectivity index (χ0v) is 26.7. The second-order valence-corrected chi connectivity index (χ2v) is 11.1. The van der Waals surface area contributed by atoms with Gasteiger partial charge in [0.25, 0.3) is 0 Å². The lowest BCUT2D eigenvalue weighted by molar-refractivity contribution is 0.0733. The minimum Gasteiger partial charge on any atom is -0.496 e. The molecule has 1 unspecified atom stereocenters. The first-order valence-electron chi connectivity index (χ1n) is 14.8. The third kappa shape index (κ3) is 6.74. The van der Waals surface area contributed by atoms with Gasteiger partial charge in [0.2, 0.25) is 5.75 Å². The normalized spacial score (nSPS) is 15.6. The molecule has 0 spiro atoms. The van der Waals surface area contributed by atoms with Crippen LogP contribution in [-0.2, 0) is 13.1 Å². The molecule has 5 rings (SSSR count). The van der Waals surface area contributed by atoms with Gasteiger partial charge in [-0.05, 0) is 73.5 Å². The zero-order valence-electron chi connectivity index (χ0n) is 26.7. The highest BCUT2D eigenvalue weighted by Crippen LogP contribution is 2.41. The standard InChI is InChI=1S/C35H42N4O5/c1-23-20-38(21-25-8-10-36-29(14-25)28-18-33(42-5)35(44-7)34(19-28)43-6)12-13-39(23)22-26-9-11-37-30(15-26)27-16-31(40-3)24(2)32(17-27)41-4/h8-11,14-19,23H,12-13,20-22H2,1-7H3. The van der Waals surface area contributed by atoms with Crippen LogP contribution in [0.15, 0.2) is 60.9 Å². The van der Waals surface area contributed by atoms with Gasteiger partial charge in [-0.15, -0.1) is 0 Å². The molecule has 1 fully saturated rings. The molecular weight excluding hydrogens is 556 g/mol. The molecule has 0 radical (unpaired) electrons. The average Bonchev–Trinajstić information content (AvgIpc) is 3.05. The Morgan fingerprint density at radius 1 is 0.659 bits per heavy atom. The Labute approximate surface area is 260 Å². The van der Waals surface area contributed by atoms with Gasteiger partial charge in [0, 0.05) is 67.8 Å². The summed E-state index contributed by atoms with van der Waals surface area (Å²) in [6.45, 7) is 8.96. The van der Waals surface area contributed by atoms with Crippen molar-refractivity contribution in [1.29, 1.82) is 0 Å². The van der Waals surface area contributed by atoms with E-state index in [2.05, 4.69) is 51.0 Å². The molecule has 9 nitrogen and oxygen atoms in total. The van der Waals surface area contributed by atoms with E-state index in [0.717, 1.165) is 72.3 Å². The Kier molecular flexibility index (Phi) is 9.87. The van der Waals surface area contributed by atoms with Gasteiger partial charge in [-0.25, -0.2) is 0 Å². The summed E-state index contributed by atoms with van der Waals surface area (Å²) >= 11 is 0. The predicted octanol–water partition coefficient (Wildman–Crippen LogP) is 5.87. The summed E-state index contributed by atoms with van der Waals surface area (Å²) < 4.78 is 27.8. The number of aromatic nitrogens is 2. The summed E-state index contributed by atoms with van der Waals surface area (Å²) in [4.78, 5) is 14.3. The van der Waals surface area contributed by atoms with E-state index in [1.54, 1.807) is 35.5 Å². The van der Waals surface area contributed by atoms with E-state index in [-0.39, 0.29) is 0 Å². The highest BCUT2D eigenvalue weighted by molar-refractivity contribution is 5.69. The summed E-state index contributed by atoms with van der Waals surface area (Å²) in [6, 6.07) is 16.8. The molecule has 4 aromatic rings. The molecule has 0 bridgehead atoms. The van der Waals surface area contributed by atoms with Crippen LogP contribution in [0.25, 0.3) is 22.5 Å². The van der Waals surface area contributed by atoms with Crippen molar-refractivity contribution in [3.63, 3.8) is 0 Å². The number of pyridine rings is 2. The molecule has 44 heavy (non-hydrogen) atoms. The Morgan fingerprint density at radius 3 is 1.64 bits per heavy atom. The summed E-state index contributed by atoms with van der Waals surface area (Å²) in [5, 5.41) is 0. The van der Waals surface area contributed by atoms with Gasteiger partial charge in [-0.3, -0.25) is 19.8 Å². The molecular formula is C35H42N4O5. The first-order chi connectivity index (χ1) is 21.4. The molecule has 232 valence electrons. The van der Waals surface area contributed by atoms with Crippen molar-refractivity contribution in [3.05, 3.63) is 77.6 Å². The first kappa shape index (κ1) is 31.1.